The predicted molar refractivity (Wildman–Crippen MR) is 102 cm³/mol. The summed E-state index contributed by atoms with van der Waals surface area (Å²) in [5.74, 6) is -0.0524. The van der Waals surface area contributed by atoms with Crippen molar-refractivity contribution in [2.24, 2.45) is 10.8 Å². The van der Waals surface area contributed by atoms with Crippen molar-refractivity contribution in [3.63, 3.8) is 0 Å². The Morgan fingerprint density at radius 3 is 2.54 bits per heavy atom. The number of rotatable bonds is 5. The molecule has 0 radical (unpaired) electrons. The van der Waals surface area contributed by atoms with Gasteiger partial charge in [0.05, 0.1) is 0 Å². The van der Waals surface area contributed by atoms with Crippen LogP contribution in [0.2, 0.25) is 0 Å². The molecule has 6 heteroatoms. The van der Waals surface area contributed by atoms with E-state index in [0.717, 1.165) is 30.3 Å². The second-order valence-corrected chi connectivity index (χ2v) is 9.55. The minimum Gasteiger partial charge on any atom is -0.482 e. The van der Waals surface area contributed by atoms with Crippen molar-refractivity contribution in [3.8, 4) is 5.75 Å². The number of halogens is 1. The summed E-state index contributed by atoms with van der Waals surface area (Å²) in [5, 5.41) is 0. The van der Waals surface area contributed by atoms with E-state index in [1.165, 1.54) is 0 Å². The Labute approximate surface area is 163 Å². The van der Waals surface area contributed by atoms with E-state index < -0.39 is 5.97 Å². The predicted octanol–water partition coefficient (Wildman–Crippen LogP) is 3.80. The quantitative estimate of drug-likeness (QED) is 0.675. The molecule has 2 unspecified atom stereocenters. The number of fused-ring (bicyclic) bond motifs is 2. The fourth-order valence-electron chi connectivity index (χ4n) is 4.69. The van der Waals surface area contributed by atoms with Crippen LogP contribution in [0.3, 0.4) is 0 Å². The lowest BCUT2D eigenvalue weighted by Crippen LogP contribution is -2.40. The van der Waals surface area contributed by atoms with Crippen LogP contribution >= 0.6 is 15.9 Å². The number of benzene rings is 1. The molecule has 2 aliphatic rings. The second kappa shape index (κ2) is 7.22. The molecule has 142 valence electrons. The maximum atomic E-state index is 12.6. The van der Waals surface area contributed by atoms with Gasteiger partial charge in [0.1, 0.15) is 5.75 Å². The lowest BCUT2D eigenvalue weighted by Gasteiger charge is -2.39. The highest BCUT2D eigenvalue weighted by Gasteiger charge is 2.50. The standard InChI is InChI=1S/C20H26BrNO4/c1-19(2)8-15-9-20(3,12-19)13-22(15)17(23)10-26-18(24)11-25-16-6-4-14(21)5-7-16/h4-7,15H,8-13H2,1-3H3. The molecule has 26 heavy (non-hydrogen) atoms. The number of hydrogen-bond donors (Lipinski definition) is 0. The van der Waals surface area contributed by atoms with Gasteiger partial charge in [-0.05, 0) is 54.4 Å². The van der Waals surface area contributed by atoms with Gasteiger partial charge in [-0.25, -0.2) is 4.79 Å². The fraction of sp³-hybridized carbons (Fsp3) is 0.600. The Bertz CT molecular complexity index is 688. The van der Waals surface area contributed by atoms with E-state index in [4.69, 9.17) is 9.47 Å². The number of nitrogens with zero attached hydrogens (tertiary/aromatic N) is 1. The highest BCUT2D eigenvalue weighted by Crippen LogP contribution is 2.52. The van der Waals surface area contributed by atoms with E-state index in [9.17, 15) is 9.59 Å². The van der Waals surface area contributed by atoms with Gasteiger partial charge < -0.3 is 14.4 Å². The average molecular weight is 424 g/mol. The molecule has 1 saturated heterocycles. The lowest BCUT2D eigenvalue weighted by molar-refractivity contribution is -0.154. The minimum atomic E-state index is -0.532. The summed E-state index contributed by atoms with van der Waals surface area (Å²) in [7, 11) is 0. The van der Waals surface area contributed by atoms with Crippen molar-refractivity contribution in [2.45, 2.75) is 46.1 Å². The molecule has 0 N–H and O–H groups in total. The van der Waals surface area contributed by atoms with E-state index in [-0.39, 0.29) is 36.0 Å². The van der Waals surface area contributed by atoms with Crippen LogP contribution in [0, 0.1) is 10.8 Å². The first kappa shape index (κ1) is 19.2. The summed E-state index contributed by atoms with van der Waals surface area (Å²) in [6.07, 6.45) is 3.18. The molecule has 1 aromatic carbocycles. The molecule has 0 spiro atoms. The first-order chi connectivity index (χ1) is 12.2. The van der Waals surface area contributed by atoms with Crippen LogP contribution in [0.25, 0.3) is 0 Å². The number of carbonyl (C=O) groups excluding carboxylic acids is 2. The molecular formula is C20H26BrNO4. The largest absolute Gasteiger partial charge is 0.482 e. The van der Waals surface area contributed by atoms with E-state index in [1.54, 1.807) is 12.1 Å². The first-order valence-corrected chi connectivity index (χ1v) is 9.79. The normalized spacial score (nSPS) is 26.5. The van der Waals surface area contributed by atoms with Crippen molar-refractivity contribution >= 4 is 27.8 Å². The number of likely N-dealkylation sites (tertiary alicyclic amines) is 1. The fourth-order valence-corrected chi connectivity index (χ4v) is 4.96. The third-order valence-corrected chi connectivity index (χ3v) is 5.79. The summed E-state index contributed by atoms with van der Waals surface area (Å²) in [6, 6.07) is 7.44. The Morgan fingerprint density at radius 2 is 1.85 bits per heavy atom. The third-order valence-electron chi connectivity index (χ3n) is 5.26. The van der Waals surface area contributed by atoms with Crippen LogP contribution in [-0.2, 0) is 14.3 Å². The van der Waals surface area contributed by atoms with E-state index >= 15 is 0 Å². The molecule has 1 aliphatic heterocycles. The molecule has 1 aliphatic carbocycles. The molecule has 2 atom stereocenters. The molecule has 1 amide bonds. The van der Waals surface area contributed by atoms with E-state index in [1.807, 2.05) is 17.0 Å². The minimum absolute atomic E-state index is 0.103. The zero-order chi connectivity index (χ0) is 18.9. The summed E-state index contributed by atoms with van der Waals surface area (Å²) < 4.78 is 11.4. The molecule has 3 rings (SSSR count). The van der Waals surface area contributed by atoms with E-state index in [0.29, 0.717) is 5.75 Å². The SMILES string of the molecule is CC1(C)CC2CC(C)(CN2C(=O)COC(=O)COc2ccc(Br)cc2)C1. The van der Waals surface area contributed by atoms with Gasteiger partial charge in [-0.2, -0.15) is 0 Å². The zero-order valence-electron chi connectivity index (χ0n) is 15.6. The van der Waals surface area contributed by atoms with Crippen LogP contribution in [0.1, 0.15) is 40.0 Å². The Balaban J connectivity index is 1.47. The van der Waals surface area contributed by atoms with Crippen LogP contribution in [0.4, 0.5) is 0 Å². The van der Waals surface area contributed by atoms with Crippen molar-refractivity contribution in [2.75, 3.05) is 19.8 Å². The van der Waals surface area contributed by atoms with Gasteiger partial charge in [0.15, 0.2) is 13.2 Å². The second-order valence-electron chi connectivity index (χ2n) is 8.64. The maximum Gasteiger partial charge on any atom is 0.344 e. The lowest BCUT2D eigenvalue weighted by atomic mass is 9.65. The third kappa shape index (κ3) is 4.58. The summed E-state index contributed by atoms with van der Waals surface area (Å²) in [4.78, 5) is 26.3. The molecule has 1 saturated carbocycles. The van der Waals surface area contributed by atoms with Gasteiger partial charge in [-0.1, -0.05) is 36.7 Å². The van der Waals surface area contributed by atoms with Crippen molar-refractivity contribution < 1.29 is 19.1 Å². The number of hydrogen-bond acceptors (Lipinski definition) is 4. The number of amides is 1. The summed E-state index contributed by atoms with van der Waals surface area (Å²) >= 11 is 3.34. The Morgan fingerprint density at radius 1 is 1.15 bits per heavy atom. The first-order valence-electron chi connectivity index (χ1n) is 8.99. The van der Waals surface area contributed by atoms with Gasteiger partial charge in [0.25, 0.3) is 5.91 Å². The molecule has 1 aromatic rings. The molecule has 0 aromatic heterocycles. The van der Waals surface area contributed by atoms with E-state index in [2.05, 4.69) is 36.7 Å². The van der Waals surface area contributed by atoms with Crippen LogP contribution < -0.4 is 4.74 Å². The number of esters is 1. The van der Waals surface area contributed by atoms with Crippen LogP contribution in [-0.4, -0.2) is 42.6 Å². The van der Waals surface area contributed by atoms with Crippen LogP contribution in [0.5, 0.6) is 5.75 Å². The number of carbonyl (C=O) groups is 2. The van der Waals surface area contributed by atoms with Gasteiger partial charge in [-0.15, -0.1) is 0 Å². The van der Waals surface area contributed by atoms with Gasteiger partial charge in [0, 0.05) is 17.1 Å². The molecular weight excluding hydrogens is 398 g/mol. The average Bonchev–Trinajstić information content (AvgIpc) is 2.81. The van der Waals surface area contributed by atoms with Crippen molar-refractivity contribution in [1.29, 1.82) is 0 Å². The Hall–Kier alpha value is -1.56. The summed E-state index contributed by atoms with van der Waals surface area (Å²) in [6.45, 7) is 7.13. The topological polar surface area (TPSA) is 55.8 Å². The highest BCUT2D eigenvalue weighted by molar-refractivity contribution is 9.10. The molecule has 5 nitrogen and oxygen atoms in total. The van der Waals surface area contributed by atoms with Crippen LogP contribution in [0.15, 0.2) is 28.7 Å². The molecule has 1 heterocycles. The Kier molecular flexibility index (Phi) is 5.33. The summed E-state index contributed by atoms with van der Waals surface area (Å²) in [5.41, 5.74) is 0.429. The maximum absolute atomic E-state index is 12.6. The van der Waals surface area contributed by atoms with Gasteiger partial charge >= 0.3 is 5.97 Å². The number of ether oxygens (including phenoxy) is 2. The van der Waals surface area contributed by atoms with Crippen molar-refractivity contribution in [1.82, 2.24) is 4.90 Å². The monoisotopic (exact) mass is 423 g/mol. The molecule has 2 bridgehead atoms. The van der Waals surface area contributed by atoms with Gasteiger partial charge in [0.2, 0.25) is 0 Å². The zero-order valence-corrected chi connectivity index (χ0v) is 17.2. The highest BCUT2D eigenvalue weighted by atomic mass is 79.9. The molecule has 2 fully saturated rings. The van der Waals surface area contributed by atoms with Crippen molar-refractivity contribution in [3.05, 3.63) is 28.7 Å². The smallest absolute Gasteiger partial charge is 0.344 e. The van der Waals surface area contributed by atoms with Gasteiger partial charge in [-0.3, -0.25) is 4.79 Å².